The first kappa shape index (κ1) is 16.2. The zero-order valence-electron chi connectivity index (χ0n) is 13.2. The zero-order valence-corrected chi connectivity index (χ0v) is 13.2. The average molecular weight is 333 g/mol. The number of anilines is 2. The molecule has 0 spiro atoms. The molecule has 6 heteroatoms. The van der Waals surface area contributed by atoms with Gasteiger partial charge in [0.2, 0.25) is 0 Å². The van der Waals surface area contributed by atoms with Crippen LogP contribution in [-0.4, -0.2) is 17.8 Å². The highest BCUT2D eigenvalue weighted by Gasteiger charge is 2.26. The van der Waals surface area contributed by atoms with Gasteiger partial charge in [0.25, 0.3) is 11.8 Å². The van der Waals surface area contributed by atoms with Crippen molar-refractivity contribution in [3.05, 3.63) is 84.6 Å². The van der Waals surface area contributed by atoms with Crippen LogP contribution < -0.4 is 15.5 Å². The second-order valence-electron chi connectivity index (χ2n) is 5.20. The van der Waals surface area contributed by atoms with Crippen LogP contribution >= 0.6 is 0 Å². The summed E-state index contributed by atoms with van der Waals surface area (Å²) in [4.78, 5) is 36.4. The van der Waals surface area contributed by atoms with Crippen molar-refractivity contribution in [2.45, 2.75) is 0 Å². The van der Waals surface area contributed by atoms with Crippen LogP contribution in [-0.2, 0) is 9.59 Å². The van der Waals surface area contributed by atoms with E-state index in [1.54, 1.807) is 12.3 Å². The van der Waals surface area contributed by atoms with Crippen molar-refractivity contribution in [1.29, 1.82) is 0 Å². The number of carbonyl (C=O) groups is 3. The van der Waals surface area contributed by atoms with Gasteiger partial charge in [0.05, 0.1) is 0 Å². The maximum Gasteiger partial charge on any atom is 0.328 e. The van der Waals surface area contributed by atoms with Gasteiger partial charge >= 0.3 is 6.03 Å². The largest absolute Gasteiger partial charge is 0.328 e. The lowest BCUT2D eigenvalue weighted by molar-refractivity contribution is -0.124. The summed E-state index contributed by atoms with van der Waals surface area (Å²) < 4.78 is 0. The lowest BCUT2D eigenvalue weighted by Gasteiger charge is -2.20. The van der Waals surface area contributed by atoms with E-state index in [2.05, 4.69) is 0 Å². The lowest BCUT2D eigenvalue weighted by atomic mass is 10.2. The fourth-order valence-corrected chi connectivity index (χ4v) is 2.35. The van der Waals surface area contributed by atoms with Crippen molar-refractivity contribution in [1.82, 2.24) is 10.6 Å². The number of imide groups is 2. The number of nitrogens with one attached hydrogen (secondary N) is 2. The lowest BCUT2D eigenvalue weighted by Crippen LogP contribution is -2.51. The minimum atomic E-state index is -0.814. The molecule has 2 aromatic carbocycles. The van der Waals surface area contributed by atoms with Crippen LogP contribution in [0, 0.1) is 0 Å². The molecule has 25 heavy (non-hydrogen) atoms. The van der Waals surface area contributed by atoms with Gasteiger partial charge < -0.3 is 4.90 Å². The maximum atomic E-state index is 11.7. The van der Waals surface area contributed by atoms with Crippen LogP contribution in [0.5, 0.6) is 0 Å². The van der Waals surface area contributed by atoms with Gasteiger partial charge in [-0.3, -0.25) is 20.2 Å². The fourth-order valence-electron chi connectivity index (χ4n) is 2.35. The van der Waals surface area contributed by atoms with Crippen LogP contribution in [0.4, 0.5) is 16.2 Å². The van der Waals surface area contributed by atoms with E-state index in [9.17, 15) is 14.4 Å². The van der Waals surface area contributed by atoms with Gasteiger partial charge in [0.1, 0.15) is 5.57 Å². The van der Waals surface area contributed by atoms with Crippen molar-refractivity contribution in [2.24, 2.45) is 0 Å². The summed E-state index contributed by atoms with van der Waals surface area (Å²) in [5.74, 6) is -1.44. The molecule has 0 radical (unpaired) electrons. The molecule has 3 rings (SSSR count). The standard InChI is InChI=1S/C19H15N3O3/c23-17-16(18(24)21-19(25)20-17)12-7-13-22(14-8-3-1-4-9-14)15-10-5-2-6-11-15/h1-13H,(H2,20,21,23,24,25)/b13-7+. The van der Waals surface area contributed by atoms with Crippen LogP contribution in [0.2, 0.25) is 0 Å². The third-order valence-electron chi connectivity index (χ3n) is 3.51. The predicted octanol–water partition coefficient (Wildman–Crippen LogP) is 2.63. The number of nitrogens with zero attached hydrogens (tertiary/aromatic N) is 1. The Labute approximate surface area is 144 Å². The molecule has 0 unspecified atom stereocenters. The molecule has 0 aromatic heterocycles. The minimum Gasteiger partial charge on any atom is -0.317 e. The first-order valence-corrected chi connectivity index (χ1v) is 7.59. The van der Waals surface area contributed by atoms with E-state index < -0.39 is 17.8 Å². The summed E-state index contributed by atoms with van der Waals surface area (Å²) in [5.41, 5.74) is 1.73. The van der Waals surface area contributed by atoms with Gasteiger partial charge in [0, 0.05) is 17.6 Å². The number of hydrogen-bond acceptors (Lipinski definition) is 4. The van der Waals surface area contributed by atoms with Crippen LogP contribution in [0.15, 0.2) is 84.6 Å². The summed E-state index contributed by atoms with van der Waals surface area (Å²) in [5, 5.41) is 4.07. The predicted molar refractivity (Wildman–Crippen MR) is 93.9 cm³/mol. The summed E-state index contributed by atoms with van der Waals surface area (Å²) in [7, 11) is 0. The average Bonchev–Trinajstić information content (AvgIpc) is 2.62. The minimum absolute atomic E-state index is 0.128. The van der Waals surface area contributed by atoms with Gasteiger partial charge in [-0.1, -0.05) is 36.4 Å². The van der Waals surface area contributed by atoms with Gasteiger partial charge in [-0.15, -0.1) is 0 Å². The van der Waals surface area contributed by atoms with Crippen molar-refractivity contribution in [2.75, 3.05) is 4.90 Å². The maximum absolute atomic E-state index is 11.7. The number of benzene rings is 2. The molecule has 0 aliphatic carbocycles. The summed E-state index contributed by atoms with van der Waals surface area (Å²) >= 11 is 0. The highest BCUT2D eigenvalue weighted by Crippen LogP contribution is 2.25. The highest BCUT2D eigenvalue weighted by molar-refractivity contribution is 6.29. The number of hydrogen-bond donors (Lipinski definition) is 2. The molecule has 0 saturated carbocycles. The summed E-state index contributed by atoms with van der Waals surface area (Å²) in [6, 6.07) is 18.5. The first-order chi connectivity index (χ1) is 12.1. The van der Waals surface area contributed by atoms with Gasteiger partial charge in [0.15, 0.2) is 0 Å². The second kappa shape index (κ2) is 7.27. The molecule has 2 aromatic rings. The molecule has 1 aliphatic rings. The van der Waals surface area contributed by atoms with Gasteiger partial charge in [-0.05, 0) is 36.4 Å². The molecule has 1 heterocycles. The first-order valence-electron chi connectivity index (χ1n) is 7.59. The van der Waals surface area contributed by atoms with Crippen molar-refractivity contribution in [3.63, 3.8) is 0 Å². The Kier molecular flexibility index (Phi) is 4.71. The van der Waals surface area contributed by atoms with Gasteiger partial charge in [-0.2, -0.15) is 0 Å². The fraction of sp³-hybridized carbons (Fsp3) is 0. The molecule has 1 saturated heterocycles. The highest BCUT2D eigenvalue weighted by atomic mass is 16.2. The number of urea groups is 1. The van der Waals surface area contributed by atoms with Crippen LogP contribution in [0.1, 0.15) is 0 Å². The molecule has 1 fully saturated rings. The van der Waals surface area contributed by atoms with E-state index in [1.807, 2.05) is 76.2 Å². The van der Waals surface area contributed by atoms with E-state index in [-0.39, 0.29) is 5.57 Å². The Morgan fingerprint density at radius 3 is 1.68 bits per heavy atom. The Hall–Kier alpha value is -3.67. The molecule has 124 valence electrons. The molecular weight excluding hydrogens is 318 g/mol. The molecule has 1 aliphatic heterocycles. The number of amides is 4. The van der Waals surface area contributed by atoms with E-state index in [4.69, 9.17) is 0 Å². The van der Waals surface area contributed by atoms with E-state index in [0.29, 0.717) is 0 Å². The smallest absolute Gasteiger partial charge is 0.317 e. The summed E-state index contributed by atoms with van der Waals surface area (Å²) in [6.45, 7) is 0. The second-order valence-corrected chi connectivity index (χ2v) is 5.20. The third kappa shape index (κ3) is 3.81. The van der Waals surface area contributed by atoms with E-state index in [1.165, 1.54) is 6.08 Å². The van der Waals surface area contributed by atoms with Gasteiger partial charge in [-0.25, -0.2) is 4.79 Å². The number of barbiturate groups is 1. The molecule has 0 atom stereocenters. The third-order valence-corrected chi connectivity index (χ3v) is 3.51. The number of para-hydroxylation sites is 2. The van der Waals surface area contributed by atoms with Crippen molar-refractivity contribution in [3.8, 4) is 0 Å². The Morgan fingerprint density at radius 2 is 1.20 bits per heavy atom. The number of allylic oxidation sites excluding steroid dienone is 2. The Morgan fingerprint density at radius 1 is 0.720 bits per heavy atom. The molecule has 0 bridgehead atoms. The molecule has 4 amide bonds. The molecular formula is C19H15N3O3. The Bertz CT molecular complexity index is 796. The van der Waals surface area contributed by atoms with Crippen LogP contribution in [0.3, 0.4) is 0 Å². The zero-order chi connectivity index (χ0) is 17.6. The summed E-state index contributed by atoms with van der Waals surface area (Å²) in [6.07, 6.45) is 4.70. The SMILES string of the molecule is O=C1NC(=O)C(=C/C=C/N(c2ccccc2)c2ccccc2)C(=O)N1. The number of rotatable bonds is 4. The topological polar surface area (TPSA) is 78.5 Å². The van der Waals surface area contributed by atoms with E-state index in [0.717, 1.165) is 11.4 Å². The monoisotopic (exact) mass is 333 g/mol. The number of carbonyl (C=O) groups excluding carboxylic acids is 3. The normalized spacial score (nSPS) is 14.2. The Balaban J connectivity index is 1.89. The molecule has 6 nitrogen and oxygen atoms in total. The van der Waals surface area contributed by atoms with E-state index >= 15 is 0 Å². The quantitative estimate of drug-likeness (QED) is 0.666. The van der Waals surface area contributed by atoms with Crippen LogP contribution in [0.25, 0.3) is 0 Å². The van der Waals surface area contributed by atoms with Crippen molar-refractivity contribution >= 4 is 29.2 Å². The molecule has 2 N–H and O–H groups in total. The van der Waals surface area contributed by atoms with Crippen molar-refractivity contribution < 1.29 is 14.4 Å².